The van der Waals surface area contributed by atoms with Crippen molar-refractivity contribution in [2.45, 2.75) is 13.0 Å². The second-order valence-corrected chi connectivity index (χ2v) is 6.85. The van der Waals surface area contributed by atoms with Gasteiger partial charge >= 0.3 is 0 Å². The Hall–Kier alpha value is -2.81. The molecular weight excluding hydrogens is 370 g/mol. The van der Waals surface area contributed by atoms with E-state index in [1.165, 1.54) is 19.1 Å². The van der Waals surface area contributed by atoms with E-state index in [0.717, 1.165) is 22.8 Å². The van der Waals surface area contributed by atoms with Gasteiger partial charge in [-0.2, -0.15) is 4.98 Å². The van der Waals surface area contributed by atoms with Gasteiger partial charge in [0.25, 0.3) is 11.1 Å². The van der Waals surface area contributed by atoms with Crippen molar-refractivity contribution in [1.82, 2.24) is 9.88 Å². The molecule has 0 spiro atoms. The summed E-state index contributed by atoms with van der Waals surface area (Å²) in [5, 5.41) is 0.339. The molecule has 27 heavy (non-hydrogen) atoms. The van der Waals surface area contributed by atoms with Gasteiger partial charge < -0.3 is 24.0 Å². The van der Waals surface area contributed by atoms with Gasteiger partial charge in [0.15, 0.2) is 4.88 Å². The van der Waals surface area contributed by atoms with Crippen molar-refractivity contribution >= 4 is 28.8 Å². The number of anilines is 1. The Labute approximate surface area is 161 Å². The van der Waals surface area contributed by atoms with Gasteiger partial charge in [-0.3, -0.25) is 9.59 Å². The predicted molar refractivity (Wildman–Crippen MR) is 101 cm³/mol. The zero-order valence-corrected chi connectivity index (χ0v) is 16.4. The number of amides is 2. The number of rotatable bonds is 5. The zero-order valence-electron chi connectivity index (χ0n) is 15.6. The zero-order chi connectivity index (χ0) is 19.6. The first-order valence-electron chi connectivity index (χ1n) is 8.35. The maximum absolute atomic E-state index is 13.0. The van der Waals surface area contributed by atoms with E-state index in [-0.39, 0.29) is 17.7 Å². The normalized spacial score (nSPS) is 17.0. The molecule has 0 radical (unpaired) electrons. The molecule has 1 aromatic carbocycles. The van der Waals surface area contributed by atoms with Crippen molar-refractivity contribution in [3.8, 4) is 16.8 Å². The van der Waals surface area contributed by atoms with E-state index in [0.29, 0.717) is 23.2 Å². The fourth-order valence-corrected chi connectivity index (χ4v) is 3.75. The highest BCUT2D eigenvalue weighted by Gasteiger charge is 2.37. The molecule has 1 saturated heterocycles. The smallest absolute Gasteiger partial charge is 0.277 e. The second-order valence-electron chi connectivity index (χ2n) is 5.88. The van der Waals surface area contributed by atoms with Crippen LogP contribution in [0.4, 0.5) is 5.69 Å². The first-order chi connectivity index (χ1) is 13.0. The van der Waals surface area contributed by atoms with Gasteiger partial charge in [-0.05, 0) is 31.2 Å². The standard InChI is InChI=1S/C18H21N3O5S/c1-11-16(22)21(12-5-7-13(24-2)8-6-12)10-9-20(11)17(23)14-15(25-3)19-18(26-4)27-14/h5-8,11H,9-10H2,1-4H3. The van der Waals surface area contributed by atoms with Gasteiger partial charge in [-0.25, -0.2) is 0 Å². The molecule has 0 aliphatic carbocycles. The van der Waals surface area contributed by atoms with Gasteiger partial charge in [0.05, 0.1) is 21.3 Å². The summed E-state index contributed by atoms with van der Waals surface area (Å²) < 4.78 is 15.4. The highest BCUT2D eigenvalue weighted by Crippen LogP contribution is 2.33. The van der Waals surface area contributed by atoms with Crippen LogP contribution in [0.2, 0.25) is 0 Å². The van der Waals surface area contributed by atoms with Crippen LogP contribution >= 0.6 is 11.3 Å². The minimum atomic E-state index is -0.605. The van der Waals surface area contributed by atoms with Crippen LogP contribution in [0.15, 0.2) is 24.3 Å². The summed E-state index contributed by atoms with van der Waals surface area (Å²) in [6.07, 6.45) is 0. The Morgan fingerprint density at radius 1 is 1.11 bits per heavy atom. The Morgan fingerprint density at radius 3 is 2.41 bits per heavy atom. The van der Waals surface area contributed by atoms with E-state index in [2.05, 4.69) is 4.98 Å². The molecule has 1 aliphatic rings. The molecule has 8 nitrogen and oxygen atoms in total. The summed E-state index contributed by atoms with van der Waals surface area (Å²) in [6, 6.07) is 6.67. The van der Waals surface area contributed by atoms with Crippen LogP contribution in [0.3, 0.4) is 0 Å². The highest BCUT2D eigenvalue weighted by atomic mass is 32.1. The number of hydrogen-bond acceptors (Lipinski definition) is 7. The number of piperazine rings is 1. The van der Waals surface area contributed by atoms with Crippen molar-refractivity contribution in [2.24, 2.45) is 0 Å². The molecule has 1 atom stereocenters. The fraction of sp³-hybridized carbons (Fsp3) is 0.389. The van der Waals surface area contributed by atoms with E-state index in [1.54, 1.807) is 31.1 Å². The molecule has 144 valence electrons. The van der Waals surface area contributed by atoms with Crippen molar-refractivity contribution < 1.29 is 23.8 Å². The van der Waals surface area contributed by atoms with Crippen LogP contribution in [0.1, 0.15) is 16.6 Å². The number of carbonyl (C=O) groups excluding carboxylic acids is 2. The maximum atomic E-state index is 13.0. The third kappa shape index (κ3) is 3.55. The van der Waals surface area contributed by atoms with Crippen LogP contribution in [-0.2, 0) is 4.79 Å². The quantitative estimate of drug-likeness (QED) is 0.776. The van der Waals surface area contributed by atoms with E-state index < -0.39 is 6.04 Å². The van der Waals surface area contributed by atoms with Crippen LogP contribution < -0.4 is 19.1 Å². The molecule has 9 heteroatoms. The first kappa shape index (κ1) is 19.0. The van der Waals surface area contributed by atoms with Gasteiger partial charge in [-0.15, -0.1) is 0 Å². The summed E-state index contributed by atoms with van der Waals surface area (Å²) in [7, 11) is 4.52. The third-order valence-corrected chi connectivity index (χ3v) is 5.42. The molecule has 1 unspecified atom stereocenters. The molecule has 2 heterocycles. The Bertz CT molecular complexity index is 836. The fourth-order valence-electron chi connectivity index (χ4n) is 2.95. The summed E-state index contributed by atoms with van der Waals surface area (Å²) >= 11 is 1.10. The molecule has 3 rings (SSSR count). The van der Waals surface area contributed by atoms with Crippen molar-refractivity contribution in [3.05, 3.63) is 29.1 Å². The molecule has 1 aromatic heterocycles. The molecule has 0 saturated carbocycles. The molecular formula is C18H21N3O5S. The van der Waals surface area contributed by atoms with E-state index in [9.17, 15) is 9.59 Å². The minimum absolute atomic E-state index is 0.143. The molecule has 1 aliphatic heterocycles. The van der Waals surface area contributed by atoms with E-state index >= 15 is 0 Å². The largest absolute Gasteiger partial charge is 0.497 e. The number of hydrogen-bond donors (Lipinski definition) is 0. The number of aromatic nitrogens is 1. The average molecular weight is 391 g/mol. The number of benzene rings is 1. The highest BCUT2D eigenvalue weighted by molar-refractivity contribution is 7.15. The van der Waals surface area contributed by atoms with Gasteiger partial charge in [-0.1, -0.05) is 11.3 Å². The Balaban J connectivity index is 1.79. The number of methoxy groups -OCH3 is 3. The third-order valence-electron chi connectivity index (χ3n) is 4.44. The van der Waals surface area contributed by atoms with Crippen LogP contribution in [0.5, 0.6) is 16.8 Å². The minimum Gasteiger partial charge on any atom is -0.497 e. The summed E-state index contributed by atoms with van der Waals surface area (Å²) in [5.41, 5.74) is 0.775. The summed E-state index contributed by atoms with van der Waals surface area (Å²) in [6.45, 7) is 2.53. The van der Waals surface area contributed by atoms with Crippen molar-refractivity contribution in [3.63, 3.8) is 0 Å². The molecule has 0 N–H and O–H groups in total. The molecule has 2 amide bonds. The number of ether oxygens (including phenoxy) is 3. The van der Waals surface area contributed by atoms with Crippen LogP contribution in [0.25, 0.3) is 0 Å². The van der Waals surface area contributed by atoms with Gasteiger partial charge in [0, 0.05) is 18.8 Å². The predicted octanol–water partition coefficient (Wildman–Crippen LogP) is 2.05. The lowest BCUT2D eigenvalue weighted by Crippen LogP contribution is -2.57. The summed E-state index contributed by atoms with van der Waals surface area (Å²) in [4.78, 5) is 33.5. The van der Waals surface area contributed by atoms with Crippen molar-refractivity contribution in [2.75, 3.05) is 39.3 Å². The van der Waals surface area contributed by atoms with Gasteiger partial charge in [0.2, 0.25) is 11.8 Å². The lowest BCUT2D eigenvalue weighted by Gasteiger charge is -2.38. The first-order valence-corrected chi connectivity index (χ1v) is 9.17. The molecule has 0 bridgehead atoms. The molecule has 2 aromatic rings. The Kier molecular flexibility index (Phi) is 5.50. The number of nitrogens with zero attached hydrogens (tertiary/aromatic N) is 3. The Morgan fingerprint density at radius 2 is 1.81 bits per heavy atom. The molecule has 1 fully saturated rings. The van der Waals surface area contributed by atoms with E-state index in [1.807, 2.05) is 12.1 Å². The number of thiazole rings is 1. The monoisotopic (exact) mass is 391 g/mol. The second kappa shape index (κ2) is 7.83. The lowest BCUT2D eigenvalue weighted by molar-refractivity contribution is -0.124. The average Bonchev–Trinajstić information content (AvgIpc) is 3.13. The van der Waals surface area contributed by atoms with Crippen LogP contribution in [0, 0.1) is 0 Å². The topological polar surface area (TPSA) is 81.2 Å². The SMILES string of the molecule is COc1ccc(N2CCN(C(=O)c3sc(OC)nc3OC)C(C)C2=O)cc1. The summed E-state index contributed by atoms with van der Waals surface area (Å²) in [5.74, 6) is 0.497. The van der Waals surface area contributed by atoms with Crippen LogP contribution in [-0.4, -0.2) is 62.2 Å². The lowest BCUT2D eigenvalue weighted by atomic mass is 10.1. The van der Waals surface area contributed by atoms with Crippen molar-refractivity contribution in [1.29, 1.82) is 0 Å². The number of carbonyl (C=O) groups is 2. The van der Waals surface area contributed by atoms with Gasteiger partial charge in [0.1, 0.15) is 11.8 Å². The van der Waals surface area contributed by atoms with E-state index in [4.69, 9.17) is 14.2 Å². The maximum Gasteiger partial charge on any atom is 0.277 e.